The van der Waals surface area contributed by atoms with Crippen LogP contribution in [0.5, 0.6) is 0 Å². The van der Waals surface area contributed by atoms with Crippen molar-refractivity contribution in [2.45, 2.75) is 45.6 Å². The first-order valence-corrected chi connectivity index (χ1v) is 12.8. The molecule has 0 bridgehead atoms. The molecular formula is C27H37ClN4O. The van der Waals surface area contributed by atoms with Crippen molar-refractivity contribution in [3.63, 3.8) is 0 Å². The van der Waals surface area contributed by atoms with E-state index in [4.69, 9.17) is 11.6 Å². The Labute approximate surface area is 203 Å². The van der Waals surface area contributed by atoms with Gasteiger partial charge in [-0.1, -0.05) is 68.8 Å². The fraction of sp³-hybridized carbons (Fsp3) is 0.519. The van der Waals surface area contributed by atoms with E-state index in [0.717, 1.165) is 54.1 Å². The van der Waals surface area contributed by atoms with Crippen LogP contribution < -0.4 is 15.5 Å². The summed E-state index contributed by atoms with van der Waals surface area (Å²) in [6, 6.07) is 16.0. The lowest BCUT2D eigenvalue weighted by Gasteiger charge is -2.36. The van der Waals surface area contributed by atoms with Crippen molar-refractivity contribution < 1.29 is 4.79 Å². The molecule has 4 rings (SSSR count). The number of urea groups is 1. The molecule has 1 atom stereocenters. The van der Waals surface area contributed by atoms with Gasteiger partial charge in [0.15, 0.2) is 0 Å². The summed E-state index contributed by atoms with van der Waals surface area (Å²) in [4.78, 5) is 17.2. The van der Waals surface area contributed by atoms with Crippen LogP contribution >= 0.6 is 11.6 Å². The van der Waals surface area contributed by atoms with Crippen molar-refractivity contribution in [3.05, 3.63) is 59.1 Å². The van der Waals surface area contributed by atoms with E-state index in [9.17, 15) is 4.79 Å². The summed E-state index contributed by atoms with van der Waals surface area (Å²) < 4.78 is 0. The maximum absolute atomic E-state index is 13.0. The van der Waals surface area contributed by atoms with Gasteiger partial charge in [0.2, 0.25) is 0 Å². The Morgan fingerprint density at radius 3 is 2.42 bits per heavy atom. The zero-order valence-corrected chi connectivity index (χ0v) is 20.5. The second kappa shape index (κ2) is 11.8. The summed E-state index contributed by atoms with van der Waals surface area (Å²) in [6.07, 6.45) is 6.93. The van der Waals surface area contributed by atoms with Crippen LogP contribution in [0.1, 0.15) is 44.6 Å². The number of piperazine rings is 1. The number of hydrogen-bond acceptors (Lipinski definition) is 3. The lowest BCUT2D eigenvalue weighted by Crippen LogP contribution is -2.50. The number of amides is 2. The standard InChI is InChI=1S/C27H37ClN4O/c1-21(22-7-3-2-4-8-22)19-29-20-23-9-5-6-10-26(23)30-27(33)32-17-15-31(16-18-32)25-13-11-24(28)12-14-25/h5-6,9-14,21-22,29H,2-4,7-8,15-20H2,1H3,(H,30,33). The van der Waals surface area contributed by atoms with Gasteiger partial charge in [-0.05, 0) is 54.3 Å². The largest absolute Gasteiger partial charge is 0.368 e. The van der Waals surface area contributed by atoms with Gasteiger partial charge in [-0.25, -0.2) is 4.79 Å². The van der Waals surface area contributed by atoms with Gasteiger partial charge in [0.05, 0.1) is 0 Å². The molecule has 2 aromatic carbocycles. The third-order valence-electron chi connectivity index (χ3n) is 7.25. The minimum absolute atomic E-state index is 0.0196. The maximum atomic E-state index is 13.0. The van der Waals surface area contributed by atoms with Crippen LogP contribution in [0.25, 0.3) is 0 Å². The first kappa shape index (κ1) is 23.9. The number of halogens is 1. The smallest absolute Gasteiger partial charge is 0.321 e. The third kappa shape index (κ3) is 6.64. The van der Waals surface area contributed by atoms with E-state index in [0.29, 0.717) is 19.0 Å². The van der Waals surface area contributed by atoms with Gasteiger partial charge in [-0.2, -0.15) is 0 Å². The first-order chi connectivity index (χ1) is 16.1. The van der Waals surface area contributed by atoms with E-state index in [1.54, 1.807) is 0 Å². The zero-order chi connectivity index (χ0) is 23.0. The van der Waals surface area contributed by atoms with Gasteiger partial charge < -0.3 is 20.4 Å². The van der Waals surface area contributed by atoms with Crippen LogP contribution in [0.15, 0.2) is 48.5 Å². The van der Waals surface area contributed by atoms with Gasteiger partial charge in [-0.15, -0.1) is 0 Å². The third-order valence-corrected chi connectivity index (χ3v) is 7.51. The van der Waals surface area contributed by atoms with Crippen LogP contribution in [0, 0.1) is 11.8 Å². The first-order valence-electron chi connectivity index (χ1n) is 12.5. The number of benzene rings is 2. The lowest BCUT2D eigenvalue weighted by molar-refractivity contribution is 0.208. The Hall–Kier alpha value is -2.24. The number of anilines is 2. The molecule has 1 aliphatic carbocycles. The number of nitrogens with one attached hydrogen (secondary N) is 2. The maximum Gasteiger partial charge on any atom is 0.321 e. The van der Waals surface area contributed by atoms with Crippen molar-refractivity contribution >= 4 is 29.0 Å². The fourth-order valence-electron chi connectivity index (χ4n) is 5.11. The van der Waals surface area contributed by atoms with Crippen LogP contribution in [0.3, 0.4) is 0 Å². The van der Waals surface area contributed by atoms with E-state index in [1.807, 2.05) is 47.4 Å². The molecule has 2 fully saturated rings. The SMILES string of the molecule is CC(CNCc1ccccc1NC(=O)N1CCN(c2ccc(Cl)cc2)CC1)C1CCCCC1. The minimum Gasteiger partial charge on any atom is -0.368 e. The summed E-state index contributed by atoms with van der Waals surface area (Å²) in [5.74, 6) is 1.55. The highest BCUT2D eigenvalue weighted by molar-refractivity contribution is 6.30. The minimum atomic E-state index is -0.0196. The molecule has 2 aliphatic rings. The molecule has 1 unspecified atom stereocenters. The highest BCUT2D eigenvalue weighted by Gasteiger charge is 2.22. The predicted molar refractivity (Wildman–Crippen MR) is 138 cm³/mol. The van der Waals surface area contributed by atoms with E-state index in [2.05, 4.69) is 28.5 Å². The zero-order valence-electron chi connectivity index (χ0n) is 19.7. The average molecular weight is 469 g/mol. The second-order valence-electron chi connectivity index (χ2n) is 9.54. The molecule has 0 radical (unpaired) electrons. The summed E-state index contributed by atoms with van der Waals surface area (Å²) >= 11 is 6.00. The topological polar surface area (TPSA) is 47.6 Å². The number of para-hydroxylation sites is 1. The van der Waals surface area contributed by atoms with Gasteiger partial charge in [0.25, 0.3) is 0 Å². The van der Waals surface area contributed by atoms with Crippen molar-refractivity contribution in [1.29, 1.82) is 0 Å². The molecule has 6 heteroatoms. The number of rotatable bonds is 7. The molecule has 1 aliphatic heterocycles. The molecule has 178 valence electrons. The molecular weight excluding hydrogens is 432 g/mol. The van der Waals surface area contributed by atoms with Gasteiger partial charge in [0.1, 0.15) is 0 Å². The average Bonchev–Trinajstić information content (AvgIpc) is 2.86. The Kier molecular flexibility index (Phi) is 8.51. The lowest BCUT2D eigenvalue weighted by atomic mass is 9.81. The Morgan fingerprint density at radius 2 is 1.70 bits per heavy atom. The second-order valence-corrected chi connectivity index (χ2v) is 9.98. The summed E-state index contributed by atoms with van der Waals surface area (Å²) in [6.45, 7) is 7.22. The monoisotopic (exact) mass is 468 g/mol. The van der Waals surface area contributed by atoms with E-state index >= 15 is 0 Å². The Morgan fingerprint density at radius 1 is 1.00 bits per heavy atom. The van der Waals surface area contributed by atoms with Crippen LogP contribution in [0.2, 0.25) is 5.02 Å². The predicted octanol–water partition coefficient (Wildman–Crippen LogP) is 6.00. The molecule has 2 aromatic rings. The quantitative estimate of drug-likeness (QED) is 0.523. The van der Waals surface area contributed by atoms with Crippen molar-refractivity contribution in [1.82, 2.24) is 10.2 Å². The number of carbonyl (C=O) groups is 1. The molecule has 1 heterocycles. The highest BCUT2D eigenvalue weighted by Crippen LogP contribution is 2.29. The van der Waals surface area contributed by atoms with Crippen LogP contribution in [-0.2, 0) is 6.54 Å². The molecule has 2 N–H and O–H groups in total. The van der Waals surface area contributed by atoms with Gasteiger partial charge >= 0.3 is 6.03 Å². The summed E-state index contributed by atoms with van der Waals surface area (Å²) in [7, 11) is 0. The van der Waals surface area contributed by atoms with E-state index < -0.39 is 0 Å². The number of nitrogens with zero attached hydrogens (tertiary/aromatic N) is 2. The molecule has 0 aromatic heterocycles. The Balaban J connectivity index is 1.26. The van der Waals surface area contributed by atoms with Gasteiger partial charge in [0, 0.05) is 49.1 Å². The van der Waals surface area contributed by atoms with Crippen LogP contribution in [-0.4, -0.2) is 43.7 Å². The molecule has 1 saturated heterocycles. The highest BCUT2D eigenvalue weighted by atomic mass is 35.5. The molecule has 33 heavy (non-hydrogen) atoms. The van der Waals surface area contributed by atoms with E-state index in [1.165, 1.54) is 32.1 Å². The number of hydrogen-bond donors (Lipinski definition) is 2. The van der Waals surface area contributed by atoms with E-state index in [-0.39, 0.29) is 6.03 Å². The van der Waals surface area contributed by atoms with Crippen molar-refractivity contribution in [3.8, 4) is 0 Å². The fourth-order valence-corrected chi connectivity index (χ4v) is 5.24. The molecule has 0 spiro atoms. The normalized spacial score (nSPS) is 18.2. The summed E-state index contributed by atoms with van der Waals surface area (Å²) in [5, 5.41) is 7.54. The summed E-state index contributed by atoms with van der Waals surface area (Å²) in [5.41, 5.74) is 3.19. The Bertz CT molecular complexity index is 889. The number of carbonyl (C=O) groups excluding carboxylic acids is 1. The van der Waals surface area contributed by atoms with Crippen molar-refractivity contribution in [2.24, 2.45) is 11.8 Å². The molecule has 5 nitrogen and oxygen atoms in total. The van der Waals surface area contributed by atoms with Gasteiger partial charge in [-0.3, -0.25) is 0 Å². The van der Waals surface area contributed by atoms with Crippen molar-refractivity contribution in [2.75, 3.05) is 42.9 Å². The van der Waals surface area contributed by atoms with Crippen LogP contribution in [0.4, 0.5) is 16.2 Å². The molecule has 1 saturated carbocycles. The molecule has 2 amide bonds.